The summed E-state index contributed by atoms with van der Waals surface area (Å²) in [6.45, 7) is 22.7. The summed E-state index contributed by atoms with van der Waals surface area (Å²) < 4.78 is 12.5. The molecule has 0 fully saturated rings. The summed E-state index contributed by atoms with van der Waals surface area (Å²) >= 11 is 1.61. The third-order valence-electron chi connectivity index (χ3n) is 8.07. The molecule has 1 aliphatic rings. The topological polar surface area (TPSA) is 73.6 Å². The first-order valence-corrected chi connectivity index (χ1v) is 17.1. The minimum absolute atomic E-state index is 0.0188. The molecule has 1 atom stereocenters. The molecule has 1 aliphatic heterocycles. The maximum atomic E-state index is 9.57. The Kier molecular flexibility index (Phi) is 12.6. The number of hydrogen-bond acceptors (Lipinski definition) is 6. The van der Waals surface area contributed by atoms with Gasteiger partial charge < -0.3 is 14.4 Å². The number of unbranched alkanes of at least 4 members (excludes halogenated alkanes) is 2. The number of hydrogen-bond donors (Lipinski definition) is 0. The Morgan fingerprint density at radius 3 is 2.21 bits per heavy atom. The summed E-state index contributed by atoms with van der Waals surface area (Å²) in [5.74, 6) is 0.852. The molecule has 2 heterocycles. The van der Waals surface area contributed by atoms with Gasteiger partial charge >= 0.3 is 0 Å². The largest absolute Gasteiger partial charge is 0.489 e. The molecule has 0 amide bonds. The van der Waals surface area contributed by atoms with E-state index in [1.165, 1.54) is 5.69 Å². The van der Waals surface area contributed by atoms with Gasteiger partial charge in [0.15, 0.2) is 11.3 Å². The molecule has 48 heavy (non-hydrogen) atoms. The predicted octanol–water partition coefficient (Wildman–Crippen LogP) is 10.7. The van der Waals surface area contributed by atoms with Crippen molar-refractivity contribution in [3.8, 4) is 17.9 Å². The fourth-order valence-electron chi connectivity index (χ4n) is 5.41. The molecule has 0 spiro atoms. The van der Waals surface area contributed by atoms with E-state index < -0.39 is 5.60 Å². The summed E-state index contributed by atoms with van der Waals surface area (Å²) in [4.78, 5) is 8.21. The van der Waals surface area contributed by atoms with E-state index in [0.717, 1.165) is 71.0 Å². The van der Waals surface area contributed by atoms with Crippen molar-refractivity contribution in [2.24, 2.45) is 0 Å². The van der Waals surface area contributed by atoms with Gasteiger partial charge in [0.05, 0.1) is 6.57 Å². The van der Waals surface area contributed by atoms with E-state index in [-0.39, 0.29) is 17.0 Å². The highest BCUT2D eigenvalue weighted by Crippen LogP contribution is 2.47. The van der Waals surface area contributed by atoms with Crippen LogP contribution in [0, 0.1) is 29.2 Å². The Morgan fingerprint density at radius 1 is 0.979 bits per heavy atom. The molecule has 244 valence electrons. The first kappa shape index (κ1) is 35.6. The molecule has 2 aromatic carbocycles. The number of benzene rings is 2. The molecule has 0 N–H and O–H groups in total. The SMILES string of the molecule is [C-]#[N+]C1=C(/C=C/c2ccc(/C=C/c3ccc(N(CCCC)CCCC)cc3OCC(=C)C)s2)C(C)(c2ccccc2)OC1=C(C#N)C#N. The van der Waals surface area contributed by atoms with Gasteiger partial charge in [0.2, 0.25) is 5.70 Å². The number of rotatable bonds is 15. The maximum Gasteiger partial charge on any atom is 0.237 e. The van der Waals surface area contributed by atoms with Gasteiger partial charge in [-0.3, -0.25) is 0 Å². The highest BCUT2D eigenvalue weighted by atomic mass is 32.1. The van der Waals surface area contributed by atoms with Gasteiger partial charge in [-0.15, -0.1) is 11.3 Å². The van der Waals surface area contributed by atoms with Gasteiger partial charge in [0, 0.05) is 45.7 Å². The summed E-state index contributed by atoms with van der Waals surface area (Å²) in [5.41, 5.74) is 3.46. The van der Waals surface area contributed by atoms with E-state index in [4.69, 9.17) is 16.0 Å². The molecule has 4 rings (SSSR count). The Balaban J connectivity index is 1.64. The second-order valence-corrected chi connectivity index (χ2v) is 13.0. The van der Waals surface area contributed by atoms with Gasteiger partial charge in [0.25, 0.3) is 0 Å². The number of nitriles is 2. The third kappa shape index (κ3) is 8.54. The maximum absolute atomic E-state index is 9.57. The van der Waals surface area contributed by atoms with E-state index in [1.54, 1.807) is 11.3 Å². The van der Waals surface area contributed by atoms with Crippen molar-refractivity contribution >= 4 is 35.3 Å². The van der Waals surface area contributed by atoms with Crippen LogP contribution in [0.25, 0.3) is 23.1 Å². The van der Waals surface area contributed by atoms with Crippen molar-refractivity contribution in [2.75, 3.05) is 24.6 Å². The lowest BCUT2D eigenvalue weighted by Gasteiger charge is -2.28. The Bertz CT molecular complexity index is 1840. The van der Waals surface area contributed by atoms with E-state index in [1.807, 2.05) is 74.5 Å². The molecule has 3 aromatic rings. The average Bonchev–Trinajstić information content (AvgIpc) is 3.68. The summed E-state index contributed by atoms with van der Waals surface area (Å²) in [6.07, 6.45) is 12.6. The van der Waals surface area contributed by atoms with Gasteiger partial charge in [0.1, 0.15) is 30.1 Å². The van der Waals surface area contributed by atoms with Crippen LogP contribution in [-0.2, 0) is 10.3 Å². The van der Waals surface area contributed by atoms with Crippen LogP contribution in [0.15, 0.2) is 101 Å². The monoisotopic (exact) mass is 654 g/mol. The van der Waals surface area contributed by atoms with Gasteiger partial charge in [-0.25, -0.2) is 4.85 Å². The molecule has 6 nitrogen and oxygen atoms in total. The van der Waals surface area contributed by atoms with Crippen LogP contribution in [-0.4, -0.2) is 19.7 Å². The van der Waals surface area contributed by atoms with Crippen molar-refractivity contribution in [3.63, 3.8) is 0 Å². The lowest BCUT2D eigenvalue weighted by molar-refractivity contribution is 0.0755. The molecule has 1 unspecified atom stereocenters. The van der Waals surface area contributed by atoms with Gasteiger partial charge in [-0.1, -0.05) is 69.7 Å². The van der Waals surface area contributed by atoms with Crippen LogP contribution in [0.1, 0.15) is 74.3 Å². The van der Waals surface area contributed by atoms with Crippen molar-refractivity contribution in [1.29, 1.82) is 10.5 Å². The van der Waals surface area contributed by atoms with E-state index in [2.05, 4.69) is 66.6 Å². The standard InChI is InChI=1S/C41H42N4O2S/c1-7-9-24-45(25-10-8-2)34-18-16-31(38(26-34)46-29-30(3)4)17-19-35-20-21-36(48-35)22-23-37-39(44-6)40(32(27-42)28-43)47-41(37,5)33-14-12-11-13-15-33/h11-23,26H,3,7-10,24-25,29H2,1-2,4-5H3/b19-17+,23-22+. The summed E-state index contributed by atoms with van der Waals surface area (Å²) in [6, 6.07) is 23.9. The van der Waals surface area contributed by atoms with E-state index in [9.17, 15) is 10.5 Å². The summed E-state index contributed by atoms with van der Waals surface area (Å²) in [5, 5.41) is 19.1. The number of thiophene rings is 1. The first-order valence-electron chi connectivity index (χ1n) is 16.3. The minimum Gasteiger partial charge on any atom is -0.489 e. The molecule has 0 radical (unpaired) electrons. The van der Waals surface area contributed by atoms with Crippen molar-refractivity contribution in [2.45, 2.75) is 59.0 Å². The van der Waals surface area contributed by atoms with Gasteiger partial charge in [-0.2, -0.15) is 10.5 Å². The molecule has 0 saturated carbocycles. The van der Waals surface area contributed by atoms with Crippen LogP contribution in [0.4, 0.5) is 5.69 Å². The molecule has 1 aromatic heterocycles. The fourth-order valence-corrected chi connectivity index (χ4v) is 6.22. The Morgan fingerprint density at radius 2 is 1.62 bits per heavy atom. The Labute approximate surface area is 289 Å². The molecule has 0 saturated heterocycles. The van der Waals surface area contributed by atoms with Crippen LogP contribution in [0.5, 0.6) is 5.75 Å². The number of ether oxygens (including phenoxy) is 2. The van der Waals surface area contributed by atoms with E-state index in [0.29, 0.717) is 12.2 Å². The minimum atomic E-state index is -1.04. The average molecular weight is 655 g/mol. The predicted molar refractivity (Wildman–Crippen MR) is 198 cm³/mol. The zero-order valence-electron chi connectivity index (χ0n) is 28.3. The second kappa shape index (κ2) is 17.0. The molecular formula is C41H42N4O2S. The highest BCUT2D eigenvalue weighted by Gasteiger charge is 2.43. The van der Waals surface area contributed by atoms with Gasteiger partial charge in [-0.05, 0) is 80.3 Å². The number of nitrogens with zero attached hydrogens (tertiary/aromatic N) is 4. The quantitative estimate of drug-likeness (QED) is 0.0926. The highest BCUT2D eigenvalue weighted by molar-refractivity contribution is 7.13. The van der Waals surface area contributed by atoms with Crippen LogP contribution >= 0.6 is 11.3 Å². The molecule has 0 aliphatic carbocycles. The van der Waals surface area contributed by atoms with Crippen molar-refractivity contribution in [3.05, 3.63) is 134 Å². The van der Waals surface area contributed by atoms with Crippen LogP contribution in [0.3, 0.4) is 0 Å². The van der Waals surface area contributed by atoms with Crippen molar-refractivity contribution in [1.82, 2.24) is 0 Å². The van der Waals surface area contributed by atoms with Crippen LogP contribution in [0.2, 0.25) is 0 Å². The molecular weight excluding hydrogens is 613 g/mol. The first-order chi connectivity index (χ1) is 23.3. The van der Waals surface area contributed by atoms with Crippen molar-refractivity contribution < 1.29 is 9.47 Å². The molecule has 7 heteroatoms. The second-order valence-electron chi connectivity index (χ2n) is 11.9. The normalized spacial score (nSPS) is 15.6. The summed E-state index contributed by atoms with van der Waals surface area (Å²) in [7, 11) is 0. The Hall–Kier alpha value is -5.29. The number of allylic oxidation sites excluding steroid dienone is 1. The fraction of sp³-hybridized carbons (Fsp3) is 0.293. The third-order valence-corrected chi connectivity index (χ3v) is 9.08. The zero-order chi connectivity index (χ0) is 34.5. The smallest absolute Gasteiger partial charge is 0.237 e. The van der Waals surface area contributed by atoms with E-state index >= 15 is 0 Å². The lowest BCUT2D eigenvalue weighted by atomic mass is 9.87. The molecule has 0 bridgehead atoms. The van der Waals surface area contributed by atoms with Crippen LogP contribution < -0.4 is 9.64 Å². The number of anilines is 1. The zero-order valence-corrected chi connectivity index (χ0v) is 29.1. The lowest BCUT2D eigenvalue weighted by Crippen LogP contribution is -2.25.